The van der Waals surface area contributed by atoms with Crippen LogP contribution < -0.4 is 0 Å². The number of aromatic nitrogens is 1. The number of aliphatic hydroxyl groups is 1. The highest BCUT2D eigenvalue weighted by atomic mass is 35.5. The first-order valence-electron chi connectivity index (χ1n) is 5.24. The van der Waals surface area contributed by atoms with E-state index in [0.29, 0.717) is 17.3 Å². The summed E-state index contributed by atoms with van der Waals surface area (Å²) in [6, 6.07) is 7.01. The quantitative estimate of drug-likeness (QED) is 0.883. The number of aliphatic carboxylic acids is 1. The summed E-state index contributed by atoms with van der Waals surface area (Å²) in [6.45, 7) is 2.46. The fraction of sp³-hybridized carbons (Fsp3) is 0.250. The van der Waals surface area contributed by atoms with Crippen LogP contribution in [0.2, 0.25) is 5.02 Å². The summed E-state index contributed by atoms with van der Waals surface area (Å²) in [5.74, 6) is -1.27. The molecule has 0 saturated heterocycles. The third-order valence-electron chi connectivity index (χ3n) is 2.75. The Bertz CT molecular complexity index is 576. The standard InChI is InChI=1S/C12H12ClNO3/c1-2-14-9-5-3-4-8(13)7(9)6-10(14)11(15)12(16)17/h3-6,11,15H,2H2,1H3,(H,16,17). The second-order valence-electron chi connectivity index (χ2n) is 3.73. The molecule has 1 atom stereocenters. The number of nitrogens with zero attached hydrogens (tertiary/aromatic N) is 1. The number of aryl methyl sites for hydroxylation is 1. The van der Waals surface area contributed by atoms with Crippen molar-refractivity contribution in [2.45, 2.75) is 19.6 Å². The summed E-state index contributed by atoms with van der Waals surface area (Å²) >= 11 is 6.04. The highest BCUT2D eigenvalue weighted by Crippen LogP contribution is 2.29. The largest absolute Gasteiger partial charge is 0.479 e. The summed E-state index contributed by atoms with van der Waals surface area (Å²) in [7, 11) is 0. The van der Waals surface area contributed by atoms with Crippen LogP contribution in [-0.4, -0.2) is 20.7 Å². The van der Waals surface area contributed by atoms with Crippen LogP contribution in [0.3, 0.4) is 0 Å². The SMILES string of the molecule is CCn1c(C(O)C(=O)O)cc2c(Cl)cccc21. The number of carbonyl (C=O) groups is 1. The minimum absolute atomic E-state index is 0.350. The van der Waals surface area contributed by atoms with Crippen molar-refractivity contribution in [3.05, 3.63) is 35.0 Å². The van der Waals surface area contributed by atoms with Crippen LogP contribution in [0, 0.1) is 0 Å². The lowest BCUT2D eigenvalue weighted by atomic mass is 10.2. The number of halogens is 1. The van der Waals surface area contributed by atoms with Gasteiger partial charge in [0.1, 0.15) is 0 Å². The van der Waals surface area contributed by atoms with Crippen LogP contribution in [-0.2, 0) is 11.3 Å². The zero-order chi connectivity index (χ0) is 12.6. The Balaban J connectivity index is 2.72. The van der Waals surface area contributed by atoms with Crippen molar-refractivity contribution < 1.29 is 15.0 Å². The number of benzene rings is 1. The van der Waals surface area contributed by atoms with Crippen LogP contribution in [0.4, 0.5) is 0 Å². The van der Waals surface area contributed by atoms with Gasteiger partial charge in [0.05, 0.1) is 5.69 Å². The molecule has 2 rings (SSSR count). The van der Waals surface area contributed by atoms with Crippen molar-refractivity contribution in [1.29, 1.82) is 0 Å². The molecule has 17 heavy (non-hydrogen) atoms. The molecule has 1 aromatic heterocycles. The van der Waals surface area contributed by atoms with E-state index in [9.17, 15) is 9.90 Å². The van der Waals surface area contributed by atoms with Gasteiger partial charge in [-0.3, -0.25) is 0 Å². The van der Waals surface area contributed by atoms with Crippen molar-refractivity contribution in [3.63, 3.8) is 0 Å². The van der Waals surface area contributed by atoms with Crippen LogP contribution in [0.15, 0.2) is 24.3 Å². The van der Waals surface area contributed by atoms with E-state index in [1.807, 2.05) is 13.0 Å². The van der Waals surface area contributed by atoms with Gasteiger partial charge in [-0.05, 0) is 25.1 Å². The van der Waals surface area contributed by atoms with Gasteiger partial charge < -0.3 is 14.8 Å². The van der Waals surface area contributed by atoms with E-state index in [4.69, 9.17) is 16.7 Å². The second-order valence-corrected chi connectivity index (χ2v) is 4.13. The van der Waals surface area contributed by atoms with Gasteiger partial charge in [-0.1, -0.05) is 17.7 Å². The second kappa shape index (κ2) is 4.39. The molecule has 2 aromatic rings. The molecule has 0 saturated carbocycles. The fourth-order valence-electron chi connectivity index (χ4n) is 1.97. The minimum atomic E-state index is -1.53. The highest BCUT2D eigenvalue weighted by Gasteiger charge is 2.22. The van der Waals surface area contributed by atoms with Crippen LogP contribution >= 0.6 is 11.6 Å². The van der Waals surface area contributed by atoms with E-state index in [-0.39, 0.29) is 0 Å². The molecule has 0 aliphatic carbocycles. The lowest BCUT2D eigenvalue weighted by Gasteiger charge is -2.10. The number of hydrogen-bond donors (Lipinski definition) is 2. The van der Waals surface area contributed by atoms with Crippen LogP contribution in [0.5, 0.6) is 0 Å². The molecule has 0 radical (unpaired) electrons. The molecule has 2 N–H and O–H groups in total. The molecule has 0 fully saturated rings. The molecular weight excluding hydrogens is 242 g/mol. The average Bonchev–Trinajstić information content (AvgIpc) is 2.67. The molecule has 1 heterocycles. The summed E-state index contributed by atoms with van der Waals surface area (Å²) < 4.78 is 1.75. The summed E-state index contributed by atoms with van der Waals surface area (Å²) in [4.78, 5) is 10.8. The van der Waals surface area contributed by atoms with Crippen molar-refractivity contribution in [2.75, 3.05) is 0 Å². The number of rotatable bonds is 3. The van der Waals surface area contributed by atoms with Crippen molar-refractivity contribution in [2.24, 2.45) is 0 Å². The Morgan fingerprint density at radius 2 is 2.24 bits per heavy atom. The van der Waals surface area contributed by atoms with Crippen LogP contribution in [0.25, 0.3) is 10.9 Å². The van der Waals surface area contributed by atoms with Gasteiger partial charge >= 0.3 is 5.97 Å². The highest BCUT2D eigenvalue weighted by molar-refractivity contribution is 6.35. The summed E-state index contributed by atoms with van der Waals surface area (Å²) in [5, 5.41) is 19.8. The van der Waals surface area contributed by atoms with Crippen LogP contribution in [0.1, 0.15) is 18.7 Å². The van der Waals surface area contributed by atoms with Crippen molar-refractivity contribution >= 4 is 28.5 Å². The van der Waals surface area contributed by atoms with E-state index >= 15 is 0 Å². The first-order chi connectivity index (χ1) is 8.06. The Labute approximate surface area is 103 Å². The van der Waals surface area contributed by atoms with Crippen molar-refractivity contribution in [3.8, 4) is 0 Å². The molecule has 5 heteroatoms. The number of aliphatic hydroxyl groups excluding tert-OH is 1. The Kier molecular flexibility index (Phi) is 3.09. The third-order valence-corrected chi connectivity index (χ3v) is 3.08. The molecular formula is C12H12ClNO3. The summed E-state index contributed by atoms with van der Waals surface area (Å²) in [5.41, 5.74) is 1.18. The molecule has 1 unspecified atom stereocenters. The maximum Gasteiger partial charge on any atom is 0.338 e. The molecule has 0 spiro atoms. The number of hydrogen-bond acceptors (Lipinski definition) is 2. The molecule has 0 aliphatic heterocycles. The number of carboxylic acids is 1. The lowest BCUT2D eigenvalue weighted by Crippen LogP contribution is -2.14. The van der Waals surface area contributed by atoms with Crippen molar-refractivity contribution in [1.82, 2.24) is 4.57 Å². The monoisotopic (exact) mass is 253 g/mol. The zero-order valence-corrected chi connectivity index (χ0v) is 9.98. The maximum atomic E-state index is 10.8. The van der Waals surface area contributed by atoms with Gasteiger partial charge in [-0.25, -0.2) is 4.79 Å². The molecule has 0 amide bonds. The number of fused-ring (bicyclic) bond motifs is 1. The van der Waals surface area contributed by atoms with E-state index in [1.165, 1.54) is 0 Å². The molecule has 4 nitrogen and oxygen atoms in total. The van der Waals surface area contributed by atoms with E-state index < -0.39 is 12.1 Å². The topological polar surface area (TPSA) is 62.5 Å². The van der Waals surface area contributed by atoms with Gasteiger partial charge in [0, 0.05) is 22.5 Å². The van der Waals surface area contributed by atoms with Gasteiger partial charge in [-0.15, -0.1) is 0 Å². The van der Waals surface area contributed by atoms with Gasteiger partial charge in [0.25, 0.3) is 0 Å². The molecule has 90 valence electrons. The first-order valence-corrected chi connectivity index (χ1v) is 5.62. The zero-order valence-electron chi connectivity index (χ0n) is 9.22. The Morgan fingerprint density at radius 3 is 2.82 bits per heavy atom. The minimum Gasteiger partial charge on any atom is -0.479 e. The normalized spacial score (nSPS) is 12.9. The average molecular weight is 254 g/mol. The van der Waals surface area contributed by atoms with Gasteiger partial charge in [-0.2, -0.15) is 0 Å². The number of carboxylic acid groups (broad SMARTS) is 1. The molecule has 0 bridgehead atoms. The predicted molar refractivity (Wildman–Crippen MR) is 65.2 cm³/mol. The predicted octanol–water partition coefficient (Wildman–Crippen LogP) is 2.43. The molecule has 1 aromatic carbocycles. The fourth-order valence-corrected chi connectivity index (χ4v) is 2.20. The Hall–Kier alpha value is -1.52. The van der Waals surface area contributed by atoms with Gasteiger partial charge in [0.2, 0.25) is 0 Å². The van der Waals surface area contributed by atoms with Gasteiger partial charge in [0.15, 0.2) is 6.10 Å². The smallest absolute Gasteiger partial charge is 0.338 e. The maximum absolute atomic E-state index is 10.8. The first kappa shape index (κ1) is 12.0. The van der Waals surface area contributed by atoms with E-state index in [0.717, 1.165) is 10.9 Å². The third kappa shape index (κ3) is 1.90. The van der Waals surface area contributed by atoms with E-state index in [2.05, 4.69) is 0 Å². The van der Waals surface area contributed by atoms with E-state index in [1.54, 1.807) is 22.8 Å². The Morgan fingerprint density at radius 1 is 1.53 bits per heavy atom. The lowest BCUT2D eigenvalue weighted by molar-refractivity contribution is -0.147. The molecule has 0 aliphatic rings. The summed E-state index contributed by atoms with van der Waals surface area (Å²) in [6.07, 6.45) is -1.53.